The molecule has 1 saturated heterocycles. The second-order valence-corrected chi connectivity index (χ2v) is 5.00. The molecule has 2 rings (SSSR count). The Morgan fingerprint density at radius 3 is 2.88 bits per heavy atom. The molecule has 1 aliphatic carbocycles. The minimum Gasteiger partial charge on any atom is -0.393 e. The number of nitrogens with zero attached hydrogens (tertiary/aromatic N) is 1. The Labute approximate surface area is 103 Å². The lowest BCUT2D eigenvalue weighted by Crippen LogP contribution is -2.37. The van der Waals surface area contributed by atoms with E-state index in [4.69, 9.17) is 5.41 Å². The summed E-state index contributed by atoms with van der Waals surface area (Å²) in [5.74, 6) is 0. The first-order chi connectivity index (χ1) is 8.25. The Kier molecular flexibility index (Phi) is 4.51. The van der Waals surface area contributed by atoms with Crippen molar-refractivity contribution in [3.8, 4) is 0 Å². The molecule has 3 nitrogen and oxygen atoms in total. The summed E-state index contributed by atoms with van der Waals surface area (Å²) in [6.45, 7) is 2.78. The molecule has 0 amide bonds. The van der Waals surface area contributed by atoms with Gasteiger partial charge in [0, 0.05) is 25.3 Å². The lowest BCUT2D eigenvalue weighted by Gasteiger charge is -2.30. The average Bonchev–Trinajstić information content (AvgIpc) is 2.31. The van der Waals surface area contributed by atoms with Crippen molar-refractivity contribution in [3.05, 3.63) is 23.8 Å². The first-order valence-corrected chi connectivity index (χ1v) is 6.59. The van der Waals surface area contributed by atoms with Crippen molar-refractivity contribution >= 4 is 5.71 Å². The fraction of sp³-hybridized carbons (Fsp3) is 0.643. The number of allylic oxidation sites excluding steroid dienone is 3. The van der Waals surface area contributed by atoms with Crippen LogP contribution in [0.1, 0.15) is 32.1 Å². The number of rotatable bonds is 2. The quantitative estimate of drug-likeness (QED) is 0.769. The van der Waals surface area contributed by atoms with E-state index in [2.05, 4.69) is 23.1 Å². The van der Waals surface area contributed by atoms with E-state index in [1.807, 2.05) is 0 Å². The predicted molar refractivity (Wildman–Crippen MR) is 70.5 cm³/mol. The van der Waals surface area contributed by atoms with Crippen molar-refractivity contribution in [2.45, 2.75) is 38.2 Å². The molecule has 1 heterocycles. The number of hydrogen-bond acceptors (Lipinski definition) is 3. The fourth-order valence-corrected chi connectivity index (χ4v) is 2.40. The topological polar surface area (TPSA) is 47.3 Å². The zero-order chi connectivity index (χ0) is 12.1. The minimum atomic E-state index is -0.114. The van der Waals surface area contributed by atoms with E-state index < -0.39 is 0 Å². The summed E-state index contributed by atoms with van der Waals surface area (Å²) in [4.78, 5) is 2.35. The highest BCUT2D eigenvalue weighted by Gasteiger charge is 2.18. The minimum absolute atomic E-state index is 0.114. The van der Waals surface area contributed by atoms with Gasteiger partial charge in [-0.15, -0.1) is 0 Å². The van der Waals surface area contributed by atoms with Gasteiger partial charge in [0.05, 0.1) is 6.10 Å². The fourth-order valence-electron chi connectivity index (χ4n) is 2.40. The molecule has 0 aromatic heterocycles. The molecule has 0 aromatic rings. The van der Waals surface area contributed by atoms with Crippen molar-refractivity contribution in [1.29, 1.82) is 5.41 Å². The van der Waals surface area contributed by atoms with Gasteiger partial charge in [0.1, 0.15) is 0 Å². The number of aliphatic hydroxyl groups is 1. The summed E-state index contributed by atoms with van der Waals surface area (Å²) in [6, 6.07) is 0. The van der Waals surface area contributed by atoms with Gasteiger partial charge in [-0.1, -0.05) is 18.2 Å². The van der Waals surface area contributed by atoms with E-state index in [1.165, 1.54) is 0 Å². The van der Waals surface area contributed by atoms with Crippen molar-refractivity contribution in [2.75, 3.05) is 19.6 Å². The molecule has 0 spiro atoms. The standard InChI is InChI=1S/C14H22N2O/c15-14-6-4-2-1-3-5-12(14)11-16-9-7-13(17)8-10-16/h1,3,5,13,15,17H,2,4,6-11H2/b3-1?,12-5-,15-14?. The van der Waals surface area contributed by atoms with Crippen LogP contribution in [0.15, 0.2) is 23.8 Å². The number of piperidine rings is 1. The van der Waals surface area contributed by atoms with Gasteiger partial charge in [0.25, 0.3) is 0 Å². The van der Waals surface area contributed by atoms with Crippen LogP contribution in [0.25, 0.3) is 0 Å². The molecular formula is C14H22N2O. The van der Waals surface area contributed by atoms with Gasteiger partial charge in [-0.05, 0) is 37.7 Å². The SMILES string of the molecule is N=C1CCCC=C/C=C\1CN1CCC(O)CC1. The average molecular weight is 234 g/mol. The van der Waals surface area contributed by atoms with Gasteiger partial charge in [0.15, 0.2) is 0 Å². The summed E-state index contributed by atoms with van der Waals surface area (Å²) in [5, 5.41) is 17.5. The van der Waals surface area contributed by atoms with Crippen molar-refractivity contribution < 1.29 is 5.11 Å². The second-order valence-electron chi connectivity index (χ2n) is 5.00. The van der Waals surface area contributed by atoms with E-state index in [0.717, 1.165) is 63.0 Å². The maximum absolute atomic E-state index is 9.47. The third-order valence-corrected chi connectivity index (χ3v) is 3.57. The van der Waals surface area contributed by atoms with Gasteiger partial charge < -0.3 is 10.5 Å². The third-order valence-electron chi connectivity index (χ3n) is 3.57. The molecular weight excluding hydrogens is 212 g/mol. The first-order valence-electron chi connectivity index (χ1n) is 6.59. The zero-order valence-electron chi connectivity index (χ0n) is 10.4. The van der Waals surface area contributed by atoms with E-state index in [9.17, 15) is 5.11 Å². The highest BCUT2D eigenvalue weighted by atomic mass is 16.3. The number of hydrogen-bond donors (Lipinski definition) is 2. The van der Waals surface area contributed by atoms with Gasteiger partial charge in [-0.3, -0.25) is 4.90 Å². The van der Waals surface area contributed by atoms with Crippen molar-refractivity contribution in [1.82, 2.24) is 4.90 Å². The Morgan fingerprint density at radius 2 is 2.12 bits per heavy atom. The Morgan fingerprint density at radius 1 is 1.35 bits per heavy atom. The first kappa shape index (κ1) is 12.5. The molecule has 94 valence electrons. The number of likely N-dealkylation sites (tertiary alicyclic amines) is 1. The number of nitrogens with one attached hydrogen (secondary N) is 1. The molecule has 2 N–H and O–H groups in total. The molecule has 17 heavy (non-hydrogen) atoms. The molecule has 1 fully saturated rings. The smallest absolute Gasteiger partial charge is 0.0564 e. The number of aliphatic hydroxyl groups excluding tert-OH is 1. The van der Waals surface area contributed by atoms with E-state index >= 15 is 0 Å². The molecule has 0 aromatic carbocycles. The molecule has 0 atom stereocenters. The van der Waals surface area contributed by atoms with Crippen molar-refractivity contribution in [3.63, 3.8) is 0 Å². The third kappa shape index (κ3) is 3.79. The van der Waals surface area contributed by atoms with Crippen LogP contribution in [-0.4, -0.2) is 41.5 Å². The maximum atomic E-state index is 9.47. The zero-order valence-corrected chi connectivity index (χ0v) is 10.4. The molecule has 3 heteroatoms. The van der Waals surface area contributed by atoms with Gasteiger partial charge in [-0.2, -0.15) is 0 Å². The van der Waals surface area contributed by atoms with Gasteiger partial charge in [-0.25, -0.2) is 0 Å². The van der Waals surface area contributed by atoms with Gasteiger partial charge in [0.2, 0.25) is 0 Å². The van der Waals surface area contributed by atoms with Crippen LogP contribution in [0, 0.1) is 5.41 Å². The van der Waals surface area contributed by atoms with Crippen LogP contribution in [0.4, 0.5) is 0 Å². The molecule has 0 bridgehead atoms. The lowest BCUT2D eigenvalue weighted by molar-refractivity contribution is 0.0874. The predicted octanol–water partition coefficient (Wildman–Crippen LogP) is 2.13. The van der Waals surface area contributed by atoms with Crippen LogP contribution >= 0.6 is 0 Å². The van der Waals surface area contributed by atoms with Crippen LogP contribution in [0.5, 0.6) is 0 Å². The van der Waals surface area contributed by atoms with Crippen LogP contribution in [0.2, 0.25) is 0 Å². The summed E-state index contributed by atoms with van der Waals surface area (Å²) in [7, 11) is 0. The Balaban J connectivity index is 1.93. The molecule has 2 aliphatic rings. The second kappa shape index (κ2) is 6.12. The highest BCUT2D eigenvalue weighted by Crippen LogP contribution is 2.15. The van der Waals surface area contributed by atoms with Crippen LogP contribution < -0.4 is 0 Å². The monoisotopic (exact) mass is 234 g/mol. The van der Waals surface area contributed by atoms with Crippen LogP contribution in [-0.2, 0) is 0 Å². The lowest BCUT2D eigenvalue weighted by atomic mass is 10.00. The molecule has 0 saturated carbocycles. The Hall–Kier alpha value is -0.930. The van der Waals surface area contributed by atoms with Gasteiger partial charge >= 0.3 is 0 Å². The maximum Gasteiger partial charge on any atom is 0.0564 e. The molecule has 0 radical (unpaired) electrons. The summed E-state index contributed by atoms with van der Waals surface area (Å²) < 4.78 is 0. The van der Waals surface area contributed by atoms with Crippen LogP contribution in [0.3, 0.4) is 0 Å². The molecule has 0 unspecified atom stereocenters. The van der Waals surface area contributed by atoms with E-state index in [-0.39, 0.29) is 6.10 Å². The summed E-state index contributed by atoms with van der Waals surface area (Å²) in [5.41, 5.74) is 1.94. The Bertz CT molecular complexity index is 325. The highest BCUT2D eigenvalue weighted by molar-refractivity contribution is 5.98. The summed E-state index contributed by atoms with van der Waals surface area (Å²) >= 11 is 0. The normalized spacial score (nSPS) is 27.4. The van der Waals surface area contributed by atoms with Crippen molar-refractivity contribution in [2.24, 2.45) is 0 Å². The van der Waals surface area contributed by atoms with E-state index in [0.29, 0.717) is 0 Å². The van der Waals surface area contributed by atoms with E-state index in [1.54, 1.807) is 0 Å². The molecule has 1 aliphatic heterocycles. The largest absolute Gasteiger partial charge is 0.393 e. The summed E-state index contributed by atoms with van der Waals surface area (Å²) in [6.07, 6.45) is 11.1.